The van der Waals surface area contributed by atoms with E-state index in [-0.39, 0.29) is 0 Å². The number of aryl methyl sites for hydroxylation is 1. The maximum absolute atomic E-state index is 4.97. The van der Waals surface area contributed by atoms with Crippen LogP contribution in [0.25, 0.3) is 0 Å². The van der Waals surface area contributed by atoms with Crippen LogP contribution in [0.15, 0.2) is 0 Å². The lowest BCUT2D eigenvalue weighted by atomic mass is 9.74. The van der Waals surface area contributed by atoms with E-state index in [2.05, 4.69) is 17.1 Å². The highest BCUT2D eigenvalue weighted by atomic mass is 32.2. The molecule has 4 heteroatoms. The van der Waals surface area contributed by atoms with Gasteiger partial charge in [-0.05, 0) is 37.5 Å². The molecule has 0 bridgehead atoms. The van der Waals surface area contributed by atoms with Crippen molar-refractivity contribution in [2.24, 2.45) is 5.41 Å². The van der Waals surface area contributed by atoms with Crippen molar-refractivity contribution in [2.45, 2.75) is 51.0 Å². The van der Waals surface area contributed by atoms with Gasteiger partial charge in [-0.2, -0.15) is 11.8 Å². The van der Waals surface area contributed by atoms with Gasteiger partial charge in [0.15, 0.2) is 0 Å². The van der Waals surface area contributed by atoms with Gasteiger partial charge in [-0.15, -0.1) is 11.3 Å². The van der Waals surface area contributed by atoms with Crippen molar-refractivity contribution in [1.82, 2.24) is 10.3 Å². The summed E-state index contributed by atoms with van der Waals surface area (Å²) in [7, 11) is 0. The van der Waals surface area contributed by atoms with E-state index in [1.54, 1.807) is 4.88 Å². The second kappa shape index (κ2) is 5.05. The zero-order valence-corrected chi connectivity index (χ0v) is 13.0. The van der Waals surface area contributed by atoms with Gasteiger partial charge in [0.2, 0.25) is 0 Å². The number of rotatable bonds is 1. The molecule has 2 heterocycles. The summed E-state index contributed by atoms with van der Waals surface area (Å²) in [6, 6.07) is 0.522. The van der Waals surface area contributed by atoms with Gasteiger partial charge < -0.3 is 5.32 Å². The number of thiazole rings is 1. The molecule has 1 N–H and O–H groups in total. The van der Waals surface area contributed by atoms with Gasteiger partial charge in [-0.25, -0.2) is 4.98 Å². The average molecular weight is 294 g/mol. The number of hydrogen-bond acceptors (Lipinski definition) is 4. The summed E-state index contributed by atoms with van der Waals surface area (Å²) in [6.07, 6.45) is 9.83. The van der Waals surface area contributed by atoms with Crippen LogP contribution in [0, 0.1) is 5.41 Å². The molecule has 0 amide bonds. The summed E-state index contributed by atoms with van der Waals surface area (Å²) in [4.78, 5) is 6.60. The van der Waals surface area contributed by atoms with Crippen LogP contribution in [0.5, 0.6) is 0 Å². The highest BCUT2D eigenvalue weighted by Crippen LogP contribution is 2.49. The molecule has 3 aliphatic rings. The number of nitrogens with zero attached hydrogens (tertiary/aromatic N) is 1. The summed E-state index contributed by atoms with van der Waals surface area (Å²) in [5, 5.41) is 5.00. The summed E-state index contributed by atoms with van der Waals surface area (Å²) >= 11 is 4.08. The van der Waals surface area contributed by atoms with Crippen molar-refractivity contribution >= 4 is 23.1 Å². The first-order valence-electron chi connectivity index (χ1n) is 7.64. The van der Waals surface area contributed by atoms with E-state index < -0.39 is 0 Å². The van der Waals surface area contributed by atoms with Gasteiger partial charge in [0.1, 0.15) is 5.01 Å². The standard InChI is InChI=1S/C15H22N2S2/c1-2-5-15(4-1)6-3-11-13(9-15)19-14(17-11)12-10-18-8-7-16-12/h12,16H,1-10H2. The van der Waals surface area contributed by atoms with E-state index in [0.717, 1.165) is 6.54 Å². The molecule has 1 saturated heterocycles. The average Bonchev–Trinajstić information content (AvgIpc) is 3.07. The molecule has 1 saturated carbocycles. The van der Waals surface area contributed by atoms with Crippen LogP contribution in [-0.4, -0.2) is 23.0 Å². The normalized spacial score (nSPS) is 29.6. The Morgan fingerprint density at radius 1 is 1.21 bits per heavy atom. The van der Waals surface area contributed by atoms with E-state index in [9.17, 15) is 0 Å². The van der Waals surface area contributed by atoms with Crippen LogP contribution < -0.4 is 5.32 Å². The van der Waals surface area contributed by atoms with Crippen molar-refractivity contribution in [3.63, 3.8) is 0 Å². The molecule has 0 radical (unpaired) electrons. The molecule has 0 aromatic carbocycles. The van der Waals surface area contributed by atoms with E-state index in [4.69, 9.17) is 4.98 Å². The van der Waals surface area contributed by atoms with Crippen molar-refractivity contribution in [2.75, 3.05) is 18.1 Å². The molecule has 1 aromatic rings. The lowest BCUT2D eigenvalue weighted by Crippen LogP contribution is -2.30. The van der Waals surface area contributed by atoms with E-state index >= 15 is 0 Å². The molecule has 1 aromatic heterocycles. The van der Waals surface area contributed by atoms with E-state index in [1.165, 1.54) is 67.2 Å². The molecule has 2 nitrogen and oxygen atoms in total. The molecular weight excluding hydrogens is 272 g/mol. The summed E-state index contributed by atoms with van der Waals surface area (Å²) in [6.45, 7) is 1.14. The first kappa shape index (κ1) is 12.7. The Labute approximate surface area is 123 Å². The van der Waals surface area contributed by atoms with Gasteiger partial charge in [-0.1, -0.05) is 12.8 Å². The second-order valence-corrected chi connectivity index (χ2v) is 8.65. The Morgan fingerprint density at radius 2 is 2.11 bits per heavy atom. The van der Waals surface area contributed by atoms with Crippen molar-refractivity contribution in [3.8, 4) is 0 Å². The smallest absolute Gasteiger partial charge is 0.111 e. The minimum atomic E-state index is 0.522. The molecule has 2 aliphatic carbocycles. The zero-order valence-electron chi connectivity index (χ0n) is 11.4. The summed E-state index contributed by atoms with van der Waals surface area (Å²) in [5.41, 5.74) is 2.11. The third-order valence-electron chi connectivity index (χ3n) is 5.11. The number of fused-ring (bicyclic) bond motifs is 1. The van der Waals surface area contributed by atoms with Crippen LogP contribution in [-0.2, 0) is 12.8 Å². The highest BCUT2D eigenvalue weighted by molar-refractivity contribution is 7.99. The fourth-order valence-corrected chi connectivity index (χ4v) is 6.38. The number of nitrogens with one attached hydrogen (secondary N) is 1. The lowest BCUT2D eigenvalue weighted by molar-refractivity contribution is 0.256. The Morgan fingerprint density at radius 3 is 2.89 bits per heavy atom. The van der Waals surface area contributed by atoms with Crippen LogP contribution in [0.4, 0.5) is 0 Å². The van der Waals surface area contributed by atoms with Gasteiger partial charge in [-0.3, -0.25) is 0 Å². The van der Waals surface area contributed by atoms with Crippen molar-refractivity contribution < 1.29 is 0 Å². The van der Waals surface area contributed by atoms with Crippen molar-refractivity contribution in [1.29, 1.82) is 0 Å². The molecule has 4 rings (SSSR count). The molecule has 1 atom stereocenters. The van der Waals surface area contributed by atoms with Crippen LogP contribution in [0.2, 0.25) is 0 Å². The monoisotopic (exact) mass is 294 g/mol. The number of hydrogen-bond donors (Lipinski definition) is 1. The van der Waals surface area contributed by atoms with Gasteiger partial charge in [0, 0.05) is 22.9 Å². The molecule has 2 fully saturated rings. The van der Waals surface area contributed by atoms with Gasteiger partial charge in [0.05, 0.1) is 11.7 Å². The summed E-state index contributed by atoms with van der Waals surface area (Å²) < 4.78 is 0. The number of aromatic nitrogens is 1. The minimum absolute atomic E-state index is 0.522. The first-order valence-corrected chi connectivity index (χ1v) is 9.61. The molecule has 1 aliphatic heterocycles. The zero-order chi connectivity index (χ0) is 12.7. The fourth-order valence-electron chi connectivity index (χ4n) is 3.97. The van der Waals surface area contributed by atoms with E-state index in [1.807, 2.05) is 11.3 Å². The molecule has 1 unspecified atom stereocenters. The lowest BCUT2D eigenvalue weighted by Gasteiger charge is -2.32. The molecule has 1 spiro atoms. The molecular formula is C15H22N2S2. The number of thioether (sulfide) groups is 1. The Hall–Kier alpha value is -0.0600. The predicted octanol–water partition coefficient (Wildman–Crippen LogP) is 3.57. The Bertz CT molecular complexity index is 457. The third-order valence-corrected chi connectivity index (χ3v) is 7.38. The predicted molar refractivity (Wildman–Crippen MR) is 83.1 cm³/mol. The fraction of sp³-hybridized carbons (Fsp3) is 0.800. The first-order chi connectivity index (χ1) is 9.35. The van der Waals surface area contributed by atoms with E-state index in [0.29, 0.717) is 11.5 Å². The minimum Gasteiger partial charge on any atom is -0.306 e. The largest absolute Gasteiger partial charge is 0.306 e. The van der Waals surface area contributed by atoms with Crippen molar-refractivity contribution in [3.05, 3.63) is 15.6 Å². The quantitative estimate of drug-likeness (QED) is 0.857. The van der Waals surface area contributed by atoms with Crippen LogP contribution in [0.3, 0.4) is 0 Å². The Kier molecular flexibility index (Phi) is 3.36. The maximum Gasteiger partial charge on any atom is 0.111 e. The Balaban J connectivity index is 1.56. The second-order valence-electron chi connectivity index (χ2n) is 6.39. The maximum atomic E-state index is 4.97. The summed E-state index contributed by atoms with van der Waals surface area (Å²) in [5.74, 6) is 2.46. The highest BCUT2D eigenvalue weighted by Gasteiger charge is 2.38. The van der Waals surface area contributed by atoms with Gasteiger partial charge >= 0.3 is 0 Å². The van der Waals surface area contributed by atoms with Crippen LogP contribution >= 0.6 is 23.1 Å². The SMILES string of the molecule is C1CCC2(C1)CCc1nc(C3CSCCN3)sc1C2. The molecule has 19 heavy (non-hydrogen) atoms. The topological polar surface area (TPSA) is 24.9 Å². The third kappa shape index (κ3) is 2.36. The molecule has 104 valence electrons. The van der Waals surface area contributed by atoms with Gasteiger partial charge in [0.25, 0.3) is 0 Å². The van der Waals surface area contributed by atoms with Crippen LogP contribution in [0.1, 0.15) is 53.7 Å².